The van der Waals surface area contributed by atoms with Crippen molar-refractivity contribution >= 4 is 35.1 Å². The molecule has 1 aliphatic rings. The molecule has 0 N–H and O–H groups in total. The molecular weight excluding hydrogens is 415 g/mol. The predicted octanol–water partition coefficient (Wildman–Crippen LogP) is 5.80. The van der Waals surface area contributed by atoms with Crippen LogP contribution in [0.1, 0.15) is 63.9 Å². The molecule has 1 saturated carbocycles. The molecule has 0 aliphatic heterocycles. The number of rotatable bonds is 10. The monoisotopic (exact) mass is 444 g/mol. The highest BCUT2D eigenvalue weighted by Crippen LogP contribution is 2.44. The largest absolute Gasteiger partial charge is 0.495 e. The molecule has 0 radical (unpaired) electrons. The highest BCUT2D eigenvalue weighted by Gasteiger charge is 2.33. The molecule has 29 heavy (non-hydrogen) atoms. The maximum atomic E-state index is 12.3. The van der Waals surface area contributed by atoms with E-state index in [0.29, 0.717) is 34.6 Å². The summed E-state index contributed by atoms with van der Waals surface area (Å²) in [5.41, 5.74) is 1.02. The summed E-state index contributed by atoms with van der Waals surface area (Å²) in [5.74, 6) is -0.826. The van der Waals surface area contributed by atoms with E-state index in [0.717, 1.165) is 18.4 Å². The van der Waals surface area contributed by atoms with E-state index in [1.165, 1.54) is 12.8 Å². The zero-order valence-corrected chi connectivity index (χ0v) is 18.9. The Balaban J connectivity index is 2.27. The number of carbonyl (C=O) groups is 2. The van der Waals surface area contributed by atoms with Crippen LogP contribution in [-0.2, 0) is 19.1 Å². The van der Waals surface area contributed by atoms with Crippen LogP contribution in [-0.4, -0.2) is 32.3 Å². The Labute approximate surface area is 183 Å². The van der Waals surface area contributed by atoms with E-state index in [-0.39, 0.29) is 19.1 Å². The van der Waals surface area contributed by atoms with Crippen LogP contribution in [0.2, 0.25) is 10.0 Å². The fourth-order valence-corrected chi connectivity index (χ4v) is 4.55. The first kappa shape index (κ1) is 23.8. The van der Waals surface area contributed by atoms with E-state index >= 15 is 0 Å². The van der Waals surface area contributed by atoms with Crippen molar-refractivity contribution < 1.29 is 23.8 Å². The van der Waals surface area contributed by atoms with Gasteiger partial charge in [0.15, 0.2) is 5.92 Å². The molecule has 0 aromatic heterocycles. The third kappa shape index (κ3) is 6.26. The van der Waals surface area contributed by atoms with Gasteiger partial charge in [-0.05, 0) is 69.1 Å². The standard InChI is InChI=1S/C22H30Cl2O5/c1-4-28-21(25)17(22(26)29-5-2)11-10-16(14-8-6-7-9-14)15-12-18(23)20(24)19(13-15)27-3/h12-14,16-17H,4-11H2,1-3H3. The van der Waals surface area contributed by atoms with Crippen molar-refractivity contribution in [2.24, 2.45) is 11.8 Å². The summed E-state index contributed by atoms with van der Waals surface area (Å²) in [6.45, 7) is 3.91. The van der Waals surface area contributed by atoms with Gasteiger partial charge < -0.3 is 14.2 Å². The fourth-order valence-electron chi connectivity index (χ4n) is 4.14. The maximum absolute atomic E-state index is 12.3. The lowest BCUT2D eigenvalue weighted by Gasteiger charge is -2.26. The summed E-state index contributed by atoms with van der Waals surface area (Å²) >= 11 is 12.6. The second-order valence-electron chi connectivity index (χ2n) is 7.30. The molecule has 1 aromatic rings. The molecule has 0 saturated heterocycles. The van der Waals surface area contributed by atoms with Gasteiger partial charge in [0.2, 0.25) is 0 Å². The van der Waals surface area contributed by atoms with E-state index in [4.69, 9.17) is 37.4 Å². The Kier molecular flexibility index (Phi) is 9.57. The lowest BCUT2D eigenvalue weighted by molar-refractivity contribution is -0.162. The van der Waals surface area contributed by atoms with Crippen LogP contribution in [0.4, 0.5) is 0 Å². The average molecular weight is 445 g/mol. The highest BCUT2D eigenvalue weighted by atomic mass is 35.5. The van der Waals surface area contributed by atoms with Gasteiger partial charge in [-0.15, -0.1) is 0 Å². The molecule has 1 fully saturated rings. The number of carbonyl (C=O) groups excluding carboxylic acids is 2. The normalized spacial score (nSPS) is 15.4. The number of benzene rings is 1. The van der Waals surface area contributed by atoms with Gasteiger partial charge in [-0.3, -0.25) is 9.59 Å². The lowest BCUT2D eigenvalue weighted by Crippen LogP contribution is -2.29. The summed E-state index contributed by atoms with van der Waals surface area (Å²) in [4.78, 5) is 24.7. The molecular formula is C22H30Cl2O5. The third-order valence-corrected chi connectivity index (χ3v) is 6.33. The van der Waals surface area contributed by atoms with E-state index < -0.39 is 17.9 Å². The molecule has 1 aliphatic carbocycles. The number of hydrogen-bond donors (Lipinski definition) is 0. The van der Waals surface area contributed by atoms with Gasteiger partial charge in [0.25, 0.3) is 0 Å². The van der Waals surface area contributed by atoms with E-state index in [1.54, 1.807) is 21.0 Å². The van der Waals surface area contributed by atoms with E-state index in [2.05, 4.69) is 0 Å². The topological polar surface area (TPSA) is 61.8 Å². The molecule has 0 bridgehead atoms. The molecule has 5 nitrogen and oxygen atoms in total. The minimum Gasteiger partial charge on any atom is -0.495 e. The molecule has 0 amide bonds. The van der Waals surface area contributed by atoms with Crippen LogP contribution in [0.25, 0.3) is 0 Å². The van der Waals surface area contributed by atoms with Crippen LogP contribution in [0.3, 0.4) is 0 Å². The van der Waals surface area contributed by atoms with E-state index in [9.17, 15) is 9.59 Å². The SMILES string of the molecule is CCOC(=O)C(CCC(c1cc(Cl)c(Cl)c(OC)c1)C1CCCC1)C(=O)OCC. The molecule has 0 spiro atoms. The second kappa shape index (κ2) is 11.7. The van der Waals surface area contributed by atoms with Gasteiger partial charge in [0.05, 0.1) is 25.3 Å². The van der Waals surface area contributed by atoms with Crippen molar-refractivity contribution in [3.05, 3.63) is 27.7 Å². The summed E-state index contributed by atoms with van der Waals surface area (Å²) in [6, 6.07) is 3.79. The van der Waals surface area contributed by atoms with Crippen molar-refractivity contribution in [3.8, 4) is 5.75 Å². The Morgan fingerprint density at radius 2 is 1.62 bits per heavy atom. The summed E-state index contributed by atoms with van der Waals surface area (Å²) in [7, 11) is 1.56. The average Bonchev–Trinajstić information content (AvgIpc) is 3.22. The zero-order valence-electron chi connectivity index (χ0n) is 17.3. The molecule has 2 rings (SSSR count). The molecule has 1 aromatic carbocycles. The Hall–Kier alpha value is -1.46. The Bertz CT molecular complexity index is 683. The first-order chi connectivity index (χ1) is 13.9. The van der Waals surface area contributed by atoms with Gasteiger partial charge in [-0.25, -0.2) is 0 Å². The van der Waals surface area contributed by atoms with Crippen LogP contribution in [0.15, 0.2) is 12.1 Å². The summed E-state index contributed by atoms with van der Waals surface area (Å²) in [5, 5.41) is 0.829. The van der Waals surface area contributed by atoms with Crippen LogP contribution in [0, 0.1) is 11.8 Å². The van der Waals surface area contributed by atoms with Crippen molar-refractivity contribution in [2.45, 2.75) is 58.3 Å². The number of ether oxygens (including phenoxy) is 3. The molecule has 0 heterocycles. The minimum absolute atomic E-state index is 0.146. The smallest absolute Gasteiger partial charge is 0.320 e. The van der Waals surface area contributed by atoms with Gasteiger partial charge in [0.1, 0.15) is 10.8 Å². The van der Waals surface area contributed by atoms with Crippen LogP contribution in [0.5, 0.6) is 5.75 Å². The van der Waals surface area contributed by atoms with Crippen LogP contribution >= 0.6 is 23.2 Å². The van der Waals surface area contributed by atoms with Gasteiger partial charge in [-0.2, -0.15) is 0 Å². The molecule has 7 heteroatoms. The molecule has 1 atom stereocenters. The maximum Gasteiger partial charge on any atom is 0.320 e. The molecule has 162 valence electrons. The minimum atomic E-state index is -0.913. The first-order valence-electron chi connectivity index (χ1n) is 10.3. The predicted molar refractivity (Wildman–Crippen MR) is 114 cm³/mol. The Morgan fingerprint density at radius 3 is 2.14 bits per heavy atom. The fraction of sp³-hybridized carbons (Fsp3) is 0.636. The zero-order chi connectivity index (χ0) is 21.4. The van der Waals surface area contributed by atoms with Crippen molar-refractivity contribution in [1.82, 2.24) is 0 Å². The lowest BCUT2D eigenvalue weighted by atomic mass is 9.80. The first-order valence-corrected chi connectivity index (χ1v) is 11.0. The summed E-state index contributed by atoms with van der Waals surface area (Å²) in [6.07, 6.45) is 5.58. The Morgan fingerprint density at radius 1 is 1.03 bits per heavy atom. The third-order valence-electron chi connectivity index (χ3n) is 5.54. The van der Waals surface area contributed by atoms with Gasteiger partial charge in [-0.1, -0.05) is 36.0 Å². The van der Waals surface area contributed by atoms with Crippen molar-refractivity contribution in [2.75, 3.05) is 20.3 Å². The summed E-state index contributed by atoms with van der Waals surface area (Å²) < 4.78 is 15.6. The van der Waals surface area contributed by atoms with Crippen molar-refractivity contribution in [1.29, 1.82) is 0 Å². The number of hydrogen-bond acceptors (Lipinski definition) is 5. The molecule has 1 unspecified atom stereocenters. The second-order valence-corrected chi connectivity index (χ2v) is 8.09. The number of halogens is 2. The van der Waals surface area contributed by atoms with Crippen molar-refractivity contribution in [3.63, 3.8) is 0 Å². The van der Waals surface area contributed by atoms with E-state index in [1.807, 2.05) is 12.1 Å². The van der Waals surface area contributed by atoms with Gasteiger partial charge in [0, 0.05) is 0 Å². The van der Waals surface area contributed by atoms with Crippen LogP contribution < -0.4 is 4.74 Å². The number of methoxy groups -OCH3 is 1. The highest BCUT2D eigenvalue weighted by molar-refractivity contribution is 6.43. The number of esters is 2. The van der Waals surface area contributed by atoms with Gasteiger partial charge >= 0.3 is 11.9 Å². The quantitative estimate of drug-likeness (QED) is 0.337.